The summed E-state index contributed by atoms with van der Waals surface area (Å²) in [6, 6.07) is 7.93. The van der Waals surface area contributed by atoms with E-state index in [0.29, 0.717) is 15.7 Å². The minimum atomic E-state index is -0.994. The molecular weight excluding hydrogens is 385 g/mol. The van der Waals surface area contributed by atoms with Crippen LogP contribution in [-0.4, -0.2) is 15.9 Å². The number of nitrogens with zero attached hydrogens (tertiary/aromatic N) is 2. The lowest BCUT2D eigenvalue weighted by atomic mass is 10.2. The Bertz CT molecular complexity index is 947. The van der Waals surface area contributed by atoms with Gasteiger partial charge in [-0.25, -0.2) is 18.7 Å². The van der Waals surface area contributed by atoms with Crippen molar-refractivity contribution in [1.82, 2.24) is 9.97 Å². The summed E-state index contributed by atoms with van der Waals surface area (Å²) in [4.78, 5) is 20.1. The molecule has 3 rings (SSSR count). The van der Waals surface area contributed by atoms with Crippen LogP contribution in [-0.2, 0) is 0 Å². The highest BCUT2D eigenvalue weighted by molar-refractivity contribution is 6.35. The first kappa shape index (κ1) is 18.0. The van der Waals surface area contributed by atoms with E-state index in [9.17, 15) is 13.6 Å². The molecule has 1 aromatic heterocycles. The van der Waals surface area contributed by atoms with Crippen LogP contribution >= 0.6 is 23.2 Å². The third-order valence-corrected chi connectivity index (χ3v) is 3.65. The average molecular weight is 395 g/mol. The zero-order chi connectivity index (χ0) is 18.7. The molecule has 0 atom stereocenters. The third-order valence-electron chi connectivity index (χ3n) is 3.21. The molecule has 0 aliphatic heterocycles. The Morgan fingerprint density at radius 2 is 1.54 bits per heavy atom. The summed E-state index contributed by atoms with van der Waals surface area (Å²) in [6.07, 6.45) is 2.58. The van der Waals surface area contributed by atoms with E-state index in [4.69, 9.17) is 23.2 Å². The molecule has 0 radical (unpaired) electrons. The molecule has 9 heteroatoms. The summed E-state index contributed by atoms with van der Waals surface area (Å²) in [7, 11) is 0. The van der Waals surface area contributed by atoms with Crippen molar-refractivity contribution < 1.29 is 13.6 Å². The topological polar surface area (TPSA) is 66.9 Å². The predicted molar refractivity (Wildman–Crippen MR) is 96.1 cm³/mol. The number of hydrogen-bond donors (Lipinski definition) is 2. The number of aromatic nitrogens is 2. The van der Waals surface area contributed by atoms with E-state index in [2.05, 4.69) is 20.6 Å². The number of amides is 1. The normalized spacial score (nSPS) is 10.5. The van der Waals surface area contributed by atoms with Crippen molar-refractivity contribution in [1.29, 1.82) is 0 Å². The molecule has 0 saturated carbocycles. The van der Waals surface area contributed by atoms with Gasteiger partial charge in [0.25, 0.3) is 5.91 Å². The van der Waals surface area contributed by atoms with Gasteiger partial charge in [0.1, 0.15) is 0 Å². The Morgan fingerprint density at radius 1 is 0.885 bits per heavy atom. The number of carbonyl (C=O) groups excluding carboxylic acids is 1. The Morgan fingerprint density at radius 3 is 2.15 bits per heavy atom. The second-order valence-corrected chi connectivity index (χ2v) is 6.03. The maximum Gasteiger partial charge on any atom is 0.258 e. The highest BCUT2D eigenvalue weighted by atomic mass is 35.5. The maximum atomic E-state index is 13.2. The van der Waals surface area contributed by atoms with Crippen LogP contribution in [0, 0.1) is 11.6 Å². The van der Waals surface area contributed by atoms with Gasteiger partial charge in [0, 0.05) is 39.9 Å². The number of anilines is 3. The first-order chi connectivity index (χ1) is 12.4. The minimum Gasteiger partial charge on any atom is -0.324 e. The van der Waals surface area contributed by atoms with Gasteiger partial charge >= 0.3 is 0 Å². The third kappa shape index (κ3) is 4.44. The lowest BCUT2D eigenvalue weighted by Gasteiger charge is -2.08. The number of hydrogen-bond acceptors (Lipinski definition) is 4. The van der Waals surface area contributed by atoms with Gasteiger partial charge in [-0.2, -0.15) is 0 Å². The van der Waals surface area contributed by atoms with Crippen molar-refractivity contribution in [2.45, 2.75) is 0 Å². The molecule has 132 valence electrons. The Balaban J connectivity index is 1.70. The van der Waals surface area contributed by atoms with Crippen molar-refractivity contribution in [3.05, 3.63) is 76.0 Å². The van der Waals surface area contributed by atoms with E-state index in [1.165, 1.54) is 18.5 Å². The first-order valence-corrected chi connectivity index (χ1v) is 7.98. The smallest absolute Gasteiger partial charge is 0.258 e. The summed E-state index contributed by atoms with van der Waals surface area (Å²) in [5.41, 5.74) is 0.892. The molecule has 5 nitrogen and oxygen atoms in total. The number of carbonyl (C=O) groups is 1. The van der Waals surface area contributed by atoms with Crippen LogP contribution in [0.2, 0.25) is 10.0 Å². The van der Waals surface area contributed by atoms with Crippen molar-refractivity contribution in [3.8, 4) is 0 Å². The van der Waals surface area contributed by atoms with Crippen molar-refractivity contribution >= 4 is 46.4 Å². The van der Waals surface area contributed by atoms with Gasteiger partial charge < -0.3 is 10.6 Å². The van der Waals surface area contributed by atoms with Crippen LogP contribution in [0.4, 0.5) is 26.1 Å². The zero-order valence-corrected chi connectivity index (χ0v) is 14.4. The van der Waals surface area contributed by atoms with Gasteiger partial charge in [0.2, 0.25) is 5.95 Å². The second-order valence-electron chi connectivity index (χ2n) is 5.16. The average Bonchev–Trinajstić information content (AvgIpc) is 2.58. The Labute approximate surface area is 157 Å². The van der Waals surface area contributed by atoms with Crippen molar-refractivity contribution in [2.75, 3.05) is 10.6 Å². The van der Waals surface area contributed by atoms with E-state index < -0.39 is 17.5 Å². The summed E-state index contributed by atoms with van der Waals surface area (Å²) in [5.74, 6) is -2.28. The SMILES string of the molecule is O=C(Nc1cc(Cl)cc(Cl)c1)c1cnc(Nc2ccc(F)c(F)c2)nc1. The van der Waals surface area contributed by atoms with Gasteiger partial charge in [-0.15, -0.1) is 0 Å². The van der Waals surface area contributed by atoms with E-state index >= 15 is 0 Å². The molecular formula is C17H10Cl2F2N4O. The minimum absolute atomic E-state index is 0.123. The van der Waals surface area contributed by atoms with Gasteiger partial charge in [0.15, 0.2) is 11.6 Å². The van der Waals surface area contributed by atoms with E-state index in [0.717, 1.165) is 12.1 Å². The fourth-order valence-corrected chi connectivity index (χ4v) is 2.57. The first-order valence-electron chi connectivity index (χ1n) is 7.22. The quantitative estimate of drug-likeness (QED) is 0.648. The Kier molecular flexibility index (Phi) is 5.29. The van der Waals surface area contributed by atoms with Crippen LogP contribution in [0.3, 0.4) is 0 Å². The fraction of sp³-hybridized carbons (Fsp3) is 0. The molecule has 2 aromatic carbocycles. The molecule has 0 unspecified atom stereocenters. The highest BCUT2D eigenvalue weighted by Crippen LogP contribution is 2.23. The molecule has 0 aliphatic carbocycles. The fourth-order valence-electron chi connectivity index (χ4n) is 2.04. The largest absolute Gasteiger partial charge is 0.324 e. The molecule has 0 spiro atoms. The van der Waals surface area contributed by atoms with Crippen LogP contribution < -0.4 is 10.6 Å². The molecule has 26 heavy (non-hydrogen) atoms. The molecule has 3 aromatic rings. The van der Waals surface area contributed by atoms with E-state index in [1.807, 2.05) is 0 Å². The molecule has 0 aliphatic rings. The van der Waals surface area contributed by atoms with Crippen LogP contribution in [0.25, 0.3) is 0 Å². The number of benzene rings is 2. The van der Waals surface area contributed by atoms with E-state index in [1.54, 1.807) is 18.2 Å². The summed E-state index contributed by atoms with van der Waals surface area (Å²) < 4.78 is 26.1. The molecule has 0 bridgehead atoms. The lowest BCUT2D eigenvalue weighted by Crippen LogP contribution is -2.13. The molecule has 2 N–H and O–H groups in total. The standard InChI is InChI=1S/C17H10Cl2F2N4O/c18-10-3-11(19)5-13(4-10)24-16(26)9-7-22-17(23-8-9)25-12-1-2-14(20)15(21)6-12/h1-8H,(H,24,26)(H,22,23,25). The van der Waals surface area contributed by atoms with Gasteiger partial charge in [-0.05, 0) is 30.3 Å². The number of halogens is 4. The second kappa shape index (κ2) is 7.63. The maximum absolute atomic E-state index is 13.2. The zero-order valence-electron chi connectivity index (χ0n) is 12.9. The predicted octanol–water partition coefficient (Wildman–Crippen LogP) is 5.06. The summed E-state index contributed by atoms with van der Waals surface area (Å²) in [6.45, 7) is 0. The van der Waals surface area contributed by atoms with Crippen molar-refractivity contribution in [3.63, 3.8) is 0 Å². The van der Waals surface area contributed by atoms with Crippen LogP contribution in [0.1, 0.15) is 10.4 Å². The van der Waals surface area contributed by atoms with Gasteiger partial charge in [-0.1, -0.05) is 23.2 Å². The molecule has 0 saturated heterocycles. The molecule has 1 amide bonds. The molecule has 0 fully saturated rings. The van der Waals surface area contributed by atoms with Crippen LogP contribution in [0.5, 0.6) is 0 Å². The summed E-state index contributed by atoms with van der Waals surface area (Å²) >= 11 is 11.8. The highest BCUT2D eigenvalue weighted by Gasteiger charge is 2.10. The monoisotopic (exact) mass is 394 g/mol. The van der Waals surface area contributed by atoms with Gasteiger partial charge in [0.05, 0.1) is 5.56 Å². The van der Waals surface area contributed by atoms with Gasteiger partial charge in [-0.3, -0.25) is 4.79 Å². The van der Waals surface area contributed by atoms with Crippen LogP contribution in [0.15, 0.2) is 48.8 Å². The summed E-state index contributed by atoms with van der Waals surface area (Å²) in [5, 5.41) is 6.10. The number of nitrogens with one attached hydrogen (secondary N) is 2. The lowest BCUT2D eigenvalue weighted by molar-refractivity contribution is 0.102. The number of rotatable bonds is 4. The molecule has 1 heterocycles. The van der Waals surface area contributed by atoms with E-state index in [-0.39, 0.29) is 17.2 Å². The van der Waals surface area contributed by atoms with Crippen molar-refractivity contribution in [2.24, 2.45) is 0 Å². The Hall–Kier alpha value is -2.77.